The van der Waals surface area contributed by atoms with E-state index in [9.17, 15) is 4.79 Å². The van der Waals surface area contributed by atoms with Crippen LogP contribution in [0.4, 0.5) is 0 Å². The molecule has 1 aromatic heterocycles. The predicted octanol–water partition coefficient (Wildman–Crippen LogP) is 1.70. The highest BCUT2D eigenvalue weighted by molar-refractivity contribution is 5.81. The van der Waals surface area contributed by atoms with Crippen LogP contribution in [-0.2, 0) is 11.3 Å². The summed E-state index contributed by atoms with van der Waals surface area (Å²) in [6, 6.07) is 0. The van der Waals surface area contributed by atoms with Crippen molar-refractivity contribution in [1.82, 2.24) is 9.88 Å². The van der Waals surface area contributed by atoms with E-state index < -0.39 is 0 Å². The summed E-state index contributed by atoms with van der Waals surface area (Å²) in [6.07, 6.45) is 0.653. The molecule has 1 atom stereocenters. The molecule has 1 saturated heterocycles. The largest absolute Gasteiger partial charge is 0.444 e. The normalized spacial score (nSPS) is 22.7. The van der Waals surface area contributed by atoms with Gasteiger partial charge in [-0.2, -0.15) is 0 Å². The minimum atomic E-state index is 0.144. The topological polar surface area (TPSA) is 46.3 Å². The maximum Gasteiger partial charge on any atom is 0.208 e. The Morgan fingerprint density at radius 3 is 2.81 bits per heavy atom. The Hall–Kier alpha value is -1.16. The molecule has 2 heterocycles. The number of carbonyl (C=O) groups is 1. The predicted molar refractivity (Wildman–Crippen MR) is 60.0 cm³/mol. The van der Waals surface area contributed by atoms with Crippen molar-refractivity contribution < 1.29 is 9.21 Å². The average Bonchev–Trinajstić information content (AvgIpc) is 2.52. The maximum absolute atomic E-state index is 11.4. The Morgan fingerprint density at radius 1 is 1.50 bits per heavy atom. The number of carbonyl (C=O) groups excluding carboxylic acids is 1. The molecule has 1 aliphatic rings. The first-order valence-corrected chi connectivity index (χ1v) is 5.74. The molecule has 4 nitrogen and oxygen atoms in total. The number of Topliss-reactive ketones (excluding diaryl/α,β-unsaturated/α-hetero) is 1. The molecular formula is C12H18N2O2. The van der Waals surface area contributed by atoms with E-state index in [1.54, 1.807) is 0 Å². The highest BCUT2D eigenvalue weighted by atomic mass is 16.4. The fraction of sp³-hybridized carbons (Fsp3) is 0.667. The summed E-state index contributed by atoms with van der Waals surface area (Å²) in [6.45, 7) is 8.22. The monoisotopic (exact) mass is 222 g/mol. The van der Waals surface area contributed by atoms with Crippen molar-refractivity contribution in [3.8, 4) is 0 Å². The van der Waals surface area contributed by atoms with Crippen molar-refractivity contribution in [2.45, 2.75) is 33.7 Å². The first-order chi connectivity index (χ1) is 7.56. The molecule has 0 aromatic carbocycles. The van der Waals surface area contributed by atoms with Gasteiger partial charge in [0.15, 0.2) is 0 Å². The van der Waals surface area contributed by atoms with Crippen LogP contribution in [0.25, 0.3) is 0 Å². The Morgan fingerprint density at radius 2 is 2.25 bits per heavy atom. The van der Waals surface area contributed by atoms with Crippen LogP contribution in [-0.4, -0.2) is 28.8 Å². The van der Waals surface area contributed by atoms with Crippen LogP contribution in [0.1, 0.15) is 30.7 Å². The van der Waals surface area contributed by atoms with Gasteiger partial charge in [-0.05, 0) is 13.8 Å². The Bertz CT molecular complexity index is 378. The van der Waals surface area contributed by atoms with E-state index in [0.717, 1.165) is 30.4 Å². The number of hydrogen-bond acceptors (Lipinski definition) is 4. The van der Waals surface area contributed by atoms with Crippen molar-refractivity contribution >= 4 is 5.78 Å². The lowest BCUT2D eigenvalue weighted by Gasteiger charge is -2.28. The summed E-state index contributed by atoms with van der Waals surface area (Å²) in [7, 11) is 0. The lowest BCUT2D eigenvalue weighted by Crippen LogP contribution is -2.39. The van der Waals surface area contributed by atoms with Gasteiger partial charge in [0.05, 0.1) is 12.2 Å². The Labute approximate surface area is 95.6 Å². The maximum atomic E-state index is 11.4. The lowest BCUT2D eigenvalue weighted by molar-refractivity contribution is -0.125. The molecule has 1 fully saturated rings. The van der Waals surface area contributed by atoms with Crippen LogP contribution in [0.15, 0.2) is 4.42 Å². The molecule has 1 unspecified atom stereocenters. The SMILES string of the molecule is Cc1nc(CN2CCC(=O)C(C)C2)oc1C. The molecule has 0 spiro atoms. The van der Waals surface area contributed by atoms with Crippen LogP contribution in [0.3, 0.4) is 0 Å². The van der Waals surface area contributed by atoms with Gasteiger partial charge in [0, 0.05) is 25.4 Å². The summed E-state index contributed by atoms with van der Waals surface area (Å²) < 4.78 is 5.54. The number of piperidine rings is 1. The lowest BCUT2D eigenvalue weighted by atomic mass is 9.99. The van der Waals surface area contributed by atoms with Gasteiger partial charge >= 0.3 is 0 Å². The molecule has 0 amide bonds. The molecule has 1 aromatic rings. The third kappa shape index (κ3) is 2.32. The van der Waals surface area contributed by atoms with Gasteiger partial charge in [-0.25, -0.2) is 4.98 Å². The fourth-order valence-electron chi connectivity index (χ4n) is 2.04. The molecule has 0 bridgehead atoms. The standard InChI is InChI=1S/C12H18N2O2/c1-8-6-14(5-4-11(8)15)7-12-13-9(2)10(3)16-12/h8H,4-7H2,1-3H3. The summed E-state index contributed by atoms with van der Waals surface area (Å²) in [5.41, 5.74) is 0.955. The number of aromatic nitrogens is 1. The van der Waals surface area contributed by atoms with Crippen molar-refractivity contribution in [1.29, 1.82) is 0 Å². The molecule has 88 valence electrons. The zero-order valence-corrected chi connectivity index (χ0v) is 10.1. The summed E-state index contributed by atoms with van der Waals surface area (Å²) >= 11 is 0. The molecule has 2 rings (SSSR count). The highest BCUT2D eigenvalue weighted by Crippen LogP contribution is 2.16. The molecule has 0 radical (unpaired) electrons. The number of oxazole rings is 1. The first-order valence-electron chi connectivity index (χ1n) is 5.74. The number of likely N-dealkylation sites (tertiary alicyclic amines) is 1. The third-order valence-corrected chi connectivity index (χ3v) is 3.19. The molecule has 1 aliphatic heterocycles. The smallest absolute Gasteiger partial charge is 0.208 e. The van der Waals surface area contributed by atoms with E-state index in [1.165, 1.54) is 0 Å². The van der Waals surface area contributed by atoms with Crippen LogP contribution < -0.4 is 0 Å². The summed E-state index contributed by atoms with van der Waals surface area (Å²) in [4.78, 5) is 18.0. The first kappa shape index (κ1) is 11.3. The van der Waals surface area contributed by atoms with E-state index in [2.05, 4.69) is 9.88 Å². The van der Waals surface area contributed by atoms with Crippen LogP contribution in [0, 0.1) is 19.8 Å². The average molecular weight is 222 g/mol. The summed E-state index contributed by atoms with van der Waals surface area (Å²) in [5.74, 6) is 2.16. The van der Waals surface area contributed by atoms with Gasteiger partial charge < -0.3 is 4.42 Å². The highest BCUT2D eigenvalue weighted by Gasteiger charge is 2.24. The van der Waals surface area contributed by atoms with Gasteiger partial charge in [-0.3, -0.25) is 9.69 Å². The molecule has 0 saturated carbocycles. The molecule has 16 heavy (non-hydrogen) atoms. The van der Waals surface area contributed by atoms with Gasteiger partial charge in [0.1, 0.15) is 11.5 Å². The van der Waals surface area contributed by atoms with Gasteiger partial charge in [-0.1, -0.05) is 6.92 Å². The van der Waals surface area contributed by atoms with Crippen LogP contribution >= 0.6 is 0 Å². The summed E-state index contributed by atoms with van der Waals surface area (Å²) in [5, 5.41) is 0. The number of ketones is 1. The minimum Gasteiger partial charge on any atom is -0.444 e. The van der Waals surface area contributed by atoms with Gasteiger partial charge in [0.2, 0.25) is 5.89 Å². The second-order valence-corrected chi connectivity index (χ2v) is 4.60. The molecule has 0 aliphatic carbocycles. The zero-order chi connectivity index (χ0) is 11.7. The van der Waals surface area contributed by atoms with Crippen molar-refractivity contribution in [3.63, 3.8) is 0 Å². The fourth-order valence-corrected chi connectivity index (χ4v) is 2.04. The minimum absolute atomic E-state index is 0.144. The zero-order valence-electron chi connectivity index (χ0n) is 10.1. The molecule has 4 heteroatoms. The van der Waals surface area contributed by atoms with Crippen LogP contribution in [0.5, 0.6) is 0 Å². The van der Waals surface area contributed by atoms with Crippen LogP contribution in [0.2, 0.25) is 0 Å². The molecule has 0 N–H and O–H groups in total. The van der Waals surface area contributed by atoms with Crippen molar-refractivity contribution in [3.05, 3.63) is 17.3 Å². The number of nitrogens with zero attached hydrogens (tertiary/aromatic N) is 2. The van der Waals surface area contributed by atoms with E-state index in [4.69, 9.17) is 4.42 Å². The Balaban J connectivity index is 1.97. The van der Waals surface area contributed by atoms with Gasteiger partial charge in [-0.15, -0.1) is 0 Å². The number of aryl methyl sites for hydroxylation is 2. The van der Waals surface area contributed by atoms with E-state index in [0.29, 0.717) is 18.7 Å². The second kappa shape index (κ2) is 4.37. The Kier molecular flexibility index (Phi) is 3.10. The van der Waals surface area contributed by atoms with E-state index in [-0.39, 0.29) is 5.92 Å². The van der Waals surface area contributed by atoms with Crippen molar-refractivity contribution in [2.75, 3.05) is 13.1 Å². The molecular weight excluding hydrogens is 204 g/mol. The third-order valence-electron chi connectivity index (χ3n) is 3.19. The van der Waals surface area contributed by atoms with Gasteiger partial charge in [0.25, 0.3) is 0 Å². The van der Waals surface area contributed by atoms with E-state index >= 15 is 0 Å². The quantitative estimate of drug-likeness (QED) is 0.764. The van der Waals surface area contributed by atoms with E-state index in [1.807, 2.05) is 20.8 Å². The second-order valence-electron chi connectivity index (χ2n) is 4.60. The van der Waals surface area contributed by atoms with Crippen molar-refractivity contribution in [2.24, 2.45) is 5.92 Å². The number of hydrogen-bond donors (Lipinski definition) is 0. The number of rotatable bonds is 2.